The number of rotatable bonds is 8. The van der Waals surface area contributed by atoms with Gasteiger partial charge >= 0.3 is 0 Å². The normalized spacial score (nSPS) is 11.2. The zero-order valence-electron chi connectivity index (χ0n) is 10.5. The minimum absolute atomic E-state index is 0.163. The largest absolute Gasteiger partial charge is 0.544 e. The van der Waals surface area contributed by atoms with Crippen molar-refractivity contribution >= 4 is 15.8 Å². The lowest BCUT2D eigenvalue weighted by atomic mass is 10.2. The molecule has 0 unspecified atom stereocenters. The smallest absolute Gasteiger partial charge is 0.278 e. The third kappa shape index (κ3) is 5.17. The Kier molecular flexibility index (Phi) is 6.62. The first-order chi connectivity index (χ1) is 8.30. The molecule has 0 saturated heterocycles. The lowest BCUT2D eigenvalue weighted by Crippen LogP contribution is -2.28. The van der Waals surface area contributed by atoms with E-state index in [2.05, 4.69) is 6.58 Å². The van der Waals surface area contributed by atoms with Crippen molar-refractivity contribution in [1.29, 1.82) is 0 Å². The third-order valence-electron chi connectivity index (χ3n) is 2.21. The van der Waals surface area contributed by atoms with Crippen molar-refractivity contribution in [3.05, 3.63) is 36.4 Å². The van der Waals surface area contributed by atoms with Crippen LogP contribution in [0.5, 0.6) is 5.75 Å². The first-order valence-electron chi connectivity index (χ1n) is 5.88. The molecule has 0 atom stereocenters. The van der Waals surface area contributed by atoms with Crippen molar-refractivity contribution in [3.8, 4) is 5.75 Å². The van der Waals surface area contributed by atoms with E-state index in [-0.39, 0.29) is 5.91 Å². The van der Waals surface area contributed by atoms with E-state index >= 15 is 0 Å². The second-order valence-corrected chi connectivity index (χ2v) is 4.71. The molecule has 0 spiro atoms. The van der Waals surface area contributed by atoms with Crippen LogP contribution in [0.1, 0.15) is 19.4 Å². The summed E-state index contributed by atoms with van der Waals surface area (Å²) >= 11 is 0. The molecule has 0 saturated carbocycles. The van der Waals surface area contributed by atoms with E-state index in [4.69, 9.17) is 13.9 Å². The van der Waals surface area contributed by atoms with E-state index in [0.717, 1.165) is 11.3 Å². The van der Waals surface area contributed by atoms with Gasteiger partial charge in [-0.3, -0.25) is 0 Å². The van der Waals surface area contributed by atoms with Crippen LogP contribution in [0.3, 0.4) is 0 Å². The minimum atomic E-state index is -0.884. The van der Waals surface area contributed by atoms with Crippen LogP contribution in [-0.4, -0.2) is 28.9 Å². The summed E-state index contributed by atoms with van der Waals surface area (Å²) in [6.07, 6.45) is 1.81. The molecule has 3 nitrogen and oxygen atoms in total. The van der Waals surface area contributed by atoms with Gasteiger partial charge in [0.05, 0.1) is 0 Å². The maximum absolute atomic E-state index is 5.73. The van der Waals surface area contributed by atoms with Gasteiger partial charge in [-0.15, -0.1) is 0 Å². The number of ether oxygens (including phenoxy) is 2. The average molecular weight is 252 g/mol. The summed E-state index contributed by atoms with van der Waals surface area (Å²) in [7, 11) is -0.884. The predicted molar refractivity (Wildman–Crippen MR) is 72.7 cm³/mol. The van der Waals surface area contributed by atoms with Gasteiger partial charge in [-0.1, -0.05) is 24.8 Å². The summed E-state index contributed by atoms with van der Waals surface area (Å²) in [5.41, 5.74) is 1.09. The number of hydrogen-bond donors (Lipinski definition) is 0. The zero-order chi connectivity index (χ0) is 12.5. The topological polar surface area (TPSA) is 27.7 Å². The van der Waals surface area contributed by atoms with Crippen molar-refractivity contribution in [2.24, 2.45) is 0 Å². The Morgan fingerprint density at radius 2 is 1.76 bits per heavy atom. The number of benzene rings is 1. The molecule has 4 heteroatoms. The molecular formula is C13H20O3Si. The first kappa shape index (κ1) is 14.0. The quantitative estimate of drug-likeness (QED) is 0.524. The third-order valence-corrected chi connectivity index (χ3v) is 3.45. The van der Waals surface area contributed by atoms with Crippen molar-refractivity contribution < 1.29 is 13.9 Å². The van der Waals surface area contributed by atoms with E-state index in [9.17, 15) is 0 Å². The maximum Gasteiger partial charge on any atom is 0.278 e. The number of hydrogen-bond acceptors (Lipinski definition) is 3. The van der Waals surface area contributed by atoms with Crippen molar-refractivity contribution in [2.75, 3.05) is 13.2 Å². The molecule has 0 aliphatic carbocycles. The van der Waals surface area contributed by atoms with Crippen molar-refractivity contribution in [2.45, 2.75) is 19.8 Å². The second-order valence-electron chi connectivity index (χ2n) is 3.42. The average Bonchev–Trinajstić information content (AvgIpc) is 2.37. The van der Waals surface area contributed by atoms with Gasteiger partial charge in [0.1, 0.15) is 5.75 Å². The Morgan fingerprint density at radius 1 is 1.18 bits per heavy atom. The van der Waals surface area contributed by atoms with E-state index in [0.29, 0.717) is 13.2 Å². The summed E-state index contributed by atoms with van der Waals surface area (Å²) in [5, 5.41) is 0. The van der Waals surface area contributed by atoms with Crippen LogP contribution in [-0.2, 0) is 9.47 Å². The van der Waals surface area contributed by atoms with Gasteiger partial charge in [0.15, 0.2) is 5.91 Å². The summed E-state index contributed by atoms with van der Waals surface area (Å²) in [6.45, 7) is 8.93. The molecule has 17 heavy (non-hydrogen) atoms. The SMILES string of the molecule is C=Cc1ccc(O[SiH2]C(OCC)OCC)cc1. The fraction of sp³-hybridized carbons (Fsp3) is 0.385. The first-order valence-corrected chi connectivity index (χ1v) is 7.28. The van der Waals surface area contributed by atoms with E-state index in [1.54, 1.807) is 0 Å². The highest BCUT2D eigenvalue weighted by molar-refractivity contribution is 6.29. The van der Waals surface area contributed by atoms with Crippen LogP contribution >= 0.6 is 0 Å². The van der Waals surface area contributed by atoms with Gasteiger partial charge in [0.2, 0.25) is 0 Å². The van der Waals surface area contributed by atoms with Crippen LogP contribution in [0, 0.1) is 0 Å². The molecule has 94 valence electrons. The predicted octanol–water partition coefficient (Wildman–Crippen LogP) is 2.15. The Bertz CT molecular complexity index is 318. The molecule has 0 heterocycles. The second kappa shape index (κ2) is 8.06. The summed E-state index contributed by atoms with van der Waals surface area (Å²) in [5.74, 6) is 0.704. The molecule has 0 aliphatic heterocycles. The highest BCUT2D eigenvalue weighted by atomic mass is 28.2. The summed E-state index contributed by atoms with van der Waals surface area (Å²) in [6, 6.07) is 7.85. The van der Waals surface area contributed by atoms with Crippen molar-refractivity contribution in [1.82, 2.24) is 0 Å². The van der Waals surface area contributed by atoms with Gasteiger partial charge in [-0.05, 0) is 31.5 Å². The van der Waals surface area contributed by atoms with Gasteiger partial charge in [0, 0.05) is 13.2 Å². The Morgan fingerprint density at radius 3 is 2.24 bits per heavy atom. The Balaban J connectivity index is 2.43. The lowest BCUT2D eigenvalue weighted by molar-refractivity contribution is -0.0871. The molecule has 0 N–H and O–H groups in total. The van der Waals surface area contributed by atoms with Crippen LogP contribution in [0.4, 0.5) is 0 Å². The summed E-state index contributed by atoms with van der Waals surface area (Å²) < 4.78 is 16.6. The molecule has 0 aromatic heterocycles. The molecule has 0 aliphatic rings. The van der Waals surface area contributed by atoms with Gasteiger partial charge < -0.3 is 13.9 Å². The van der Waals surface area contributed by atoms with Crippen LogP contribution in [0.25, 0.3) is 6.08 Å². The van der Waals surface area contributed by atoms with Crippen LogP contribution in [0.15, 0.2) is 30.8 Å². The zero-order valence-corrected chi connectivity index (χ0v) is 11.9. The van der Waals surface area contributed by atoms with E-state index in [1.165, 1.54) is 0 Å². The monoisotopic (exact) mass is 252 g/mol. The fourth-order valence-electron chi connectivity index (χ4n) is 1.38. The van der Waals surface area contributed by atoms with Gasteiger partial charge in [-0.25, -0.2) is 0 Å². The molecule has 0 amide bonds. The molecular weight excluding hydrogens is 232 g/mol. The molecule has 1 aromatic rings. The van der Waals surface area contributed by atoms with Gasteiger partial charge in [-0.2, -0.15) is 0 Å². The van der Waals surface area contributed by atoms with Crippen molar-refractivity contribution in [3.63, 3.8) is 0 Å². The van der Waals surface area contributed by atoms with Crippen LogP contribution in [0.2, 0.25) is 0 Å². The summed E-state index contributed by atoms with van der Waals surface area (Å²) in [4.78, 5) is 0. The Labute approximate surface area is 105 Å². The highest BCUT2D eigenvalue weighted by Crippen LogP contribution is 2.12. The standard InChI is InChI=1S/C13H20O3Si/c1-4-11-7-9-12(10-8-11)16-17-13(14-5-2)15-6-3/h4,7-10,13H,1,5-6,17H2,2-3H3. The minimum Gasteiger partial charge on any atom is -0.544 e. The molecule has 0 radical (unpaired) electrons. The molecule has 1 aromatic carbocycles. The van der Waals surface area contributed by atoms with Crippen LogP contribution < -0.4 is 4.43 Å². The lowest BCUT2D eigenvalue weighted by Gasteiger charge is -2.17. The Hall–Kier alpha value is -1.10. The van der Waals surface area contributed by atoms with Gasteiger partial charge in [0.25, 0.3) is 9.76 Å². The fourth-order valence-corrected chi connectivity index (χ4v) is 2.57. The highest BCUT2D eigenvalue weighted by Gasteiger charge is 2.10. The van der Waals surface area contributed by atoms with E-state index in [1.807, 2.05) is 44.2 Å². The molecule has 0 fully saturated rings. The molecule has 1 rings (SSSR count). The van der Waals surface area contributed by atoms with E-state index < -0.39 is 9.76 Å². The molecule has 0 bridgehead atoms. The maximum atomic E-state index is 5.73.